The fourth-order valence-electron chi connectivity index (χ4n) is 3.20. The number of benzene rings is 2. The van der Waals surface area contributed by atoms with Crippen LogP contribution >= 0.6 is 0 Å². The van der Waals surface area contributed by atoms with E-state index in [2.05, 4.69) is 0 Å². The largest absolute Gasteiger partial charge is 0.493 e. The Morgan fingerprint density at radius 3 is 1.89 bits per heavy atom. The van der Waals surface area contributed by atoms with Gasteiger partial charge in [0.25, 0.3) is 0 Å². The molecule has 0 aliphatic heterocycles. The van der Waals surface area contributed by atoms with E-state index in [1.54, 1.807) is 0 Å². The Labute approximate surface area is 223 Å². The minimum Gasteiger partial charge on any atom is -0.493 e. The molecule has 1 unspecified atom stereocenters. The van der Waals surface area contributed by atoms with Crippen LogP contribution in [0.15, 0.2) is 54.6 Å². The zero-order chi connectivity index (χ0) is 34.8. The van der Waals surface area contributed by atoms with E-state index in [4.69, 9.17) is 41.5 Å². The van der Waals surface area contributed by atoms with Crippen LogP contribution < -0.4 is 14.2 Å². The Morgan fingerprint density at radius 1 is 0.944 bits per heavy atom. The van der Waals surface area contributed by atoms with Crippen LogP contribution in [0.1, 0.15) is 41.6 Å². The van der Waals surface area contributed by atoms with Crippen molar-refractivity contribution in [3.8, 4) is 17.2 Å². The predicted octanol–water partition coefficient (Wildman–Crippen LogP) is 3.45. The van der Waals surface area contributed by atoms with Crippen LogP contribution in [0.25, 0.3) is 0 Å². The van der Waals surface area contributed by atoms with Crippen LogP contribution in [-0.2, 0) is 19.9 Å². The first-order valence-electron chi connectivity index (χ1n) is 14.8. The molecule has 2 rings (SSSR count). The van der Waals surface area contributed by atoms with E-state index in [1.807, 2.05) is 56.3 Å². The summed E-state index contributed by atoms with van der Waals surface area (Å²) in [6, 6.07) is 11.1. The summed E-state index contributed by atoms with van der Waals surface area (Å²) in [7, 11) is -5.65. The maximum absolute atomic E-state index is 13.1. The third kappa shape index (κ3) is 8.02. The zero-order valence-corrected chi connectivity index (χ0v) is 19.8. The molecule has 2 N–H and O–H groups in total. The Balaban J connectivity index is 0.00000111. The Kier molecular flexibility index (Phi) is 7.29. The second kappa shape index (κ2) is 14.4. The van der Waals surface area contributed by atoms with Crippen molar-refractivity contribution in [2.24, 2.45) is 0 Å². The summed E-state index contributed by atoms with van der Waals surface area (Å²) in [6.45, 7) is 1.81. The van der Waals surface area contributed by atoms with E-state index in [-0.39, 0.29) is 12.2 Å². The Morgan fingerprint density at radius 2 is 1.47 bits per heavy atom. The number of rotatable bonds is 11. The number of hydrogen-bond donors (Lipinski definition) is 2. The second-order valence-corrected chi connectivity index (χ2v) is 7.34. The minimum absolute atomic E-state index is 0.113. The number of methoxy groups -OCH3 is 3. The summed E-state index contributed by atoms with van der Waals surface area (Å²) in [5.74, 6) is -5.75. The van der Waals surface area contributed by atoms with E-state index in [0.717, 1.165) is 17.7 Å². The van der Waals surface area contributed by atoms with Crippen molar-refractivity contribution in [1.29, 1.82) is 0 Å². The minimum atomic E-state index is -3.12. The summed E-state index contributed by atoms with van der Waals surface area (Å²) in [4.78, 5) is 34.1. The summed E-state index contributed by atoms with van der Waals surface area (Å²) in [5, 5.41) is 15.6. The SMILES string of the molecule is O=C(O)/C=C\C(=O)O.[2H]C([2H])([2H])Oc1cc(C(=O)OCC(CC)(c2ccccc2)N(C)C)cc(OC([2H])([2H])[2H])c1OC([2H])([2H])[2H]. The lowest BCUT2D eigenvalue weighted by Crippen LogP contribution is -2.45. The summed E-state index contributed by atoms with van der Waals surface area (Å²) in [6.07, 6.45) is 1.67. The number of carboxylic acids is 2. The number of esters is 1. The van der Waals surface area contributed by atoms with Crippen molar-refractivity contribution in [3.63, 3.8) is 0 Å². The van der Waals surface area contributed by atoms with Crippen molar-refractivity contribution in [2.75, 3.05) is 41.8 Å². The van der Waals surface area contributed by atoms with Gasteiger partial charge in [-0.3, -0.25) is 4.90 Å². The molecule has 196 valence electrons. The summed E-state index contributed by atoms with van der Waals surface area (Å²) >= 11 is 0. The van der Waals surface area contributed by atoms with Gasteiger partial charge in [-0.15, -0.1) is 0 Å². The van der Waals surface area contributed by atoms with E-state index >= 15 is 0 Å². The predicted molar refractivity (Wildman–Crippen MR) is 133 cm³/mol. The fraction of sp³-hybridized carbons (Fsp3) is 0.346. The van der Waals surface area contributed by atoms with E-state index in [1.165, 1.54) is 0 Å². The average Bonchev–Trinajstić information content (AvgIpc) is 2.88. The van der Waals surface area contributed by atoms with Crippen LogP contribution in [0.2, 0.25) is 0 Å². The van der Waals surface area contributed by atoms with E-state index in [0.29, 0.717) is 18.6 Å². The van der Waals surface area contributed by atoms with Crippen molar-refractivity contribution >= 4 is 17.9 Å². The lowest BCUT2D eigenvalue weighted by atomic mass is 9.87. The van der Waals surface area contributed by atoms with E-state index < -0.39 is 61.8 Å². The maximum atomic E-state index is 13.1. The average molecular weight is 513 g/mol. The van der Waals surface area contributed by atoms with Gasteiger partial charge in [0.2, 0.25) is 5.75 Å². The van der Waals surface area contributed by atoms with Crippen LogP contribution in [0, 0.1) is 0 Å². The third-order valence-corrected chi connectivity index (χ3v) is 5.14. The molecule has 0 spiro atoms. The molecule has 0 fully saturated rings. The van der Waals surface area contributed by atoms with Crippen LogP contribution in [0.5, 0.6) is 17.2 Å². The molecule has 0 amide bonds. The Bertz CT molecular complexity index is 1290. The highest BCUT2D eigenvalue weighted by atomic mass is 16.5. The van der Waals surface area contributed by atoms with Gasteiger partial charge in [0, 0.05) is 12.2 Å². The number of hydrogen-bond acceptors (Lipinski definition) is 8. The van der Waals surface area contributed by atoms with Crippen molar-refractivity contribution in [2.45, 2.75) is 18.9 Å². The standard InChI is InChI=1S/C22H29NO5.C4H4O4/c1-7-22(23(2)3,17-11-9-8-10-12-17)15-28-21(24)16-13-18(25-4)20(27-6)19(14-16)26-5;5-3(6)1-2-4(7)8/h8-14H,7,15H2,1-6H3;1-2H,(H,5,6)(H,7,8)/b;2-1-/i4D3,5D3,6D3;. The highest BCUT2D eigenvalue weighted by Gasteiger charge is 2.34. The molecule has 0 bridgehead atoms. The lowest BCUT2D eigenvalue weighted by Gasteiger charge is -2.39. The maximum Gasteiger partial charge on any atom is 0.338 e. The first-order valence-corrected chi connectivity index (χ1v) is 10.3. The summed E-state index contributed by atoms with van der Waals surface area (Å²) in [5.41, 5.74) is -0.167. The number of carbonyl (C=O) groups is 3. The van der Waals surface area contributed by atoms with Crippen molar-refractivity contribution < 1.29 is 55.9 Å². The van der Waals surface area contributed by atoms with Crippen LogP contribution in [0.3, 0.4) is 0 Å². The molecule has 0 aromatic heterocycles. The molecule has 2 aromatic rings. The van der Waals surface area contributed by atoms with Crippen LogP contribution in [-0.4, -0.2) is 74.8 Å². The van der Waals surface area contributed by atoms with E-state index in [9.17, 15) is 14.4 Å². The van der Waals surface area contributed by atoms with Crippen molar-refractivity contribution in [3.05, 3.63) is 65.7 Å². The first-order chi connectivity index (χ1) is 20.5. The van der Waals surface area contributed by atoms with Gasteiger partial charge in [0.05, 0.1) is 44.6 Å². The molecule has 0 saturated heterocycles. The number of carboxylic acid groups (broad SMARTS) is 2. The first kappa shape index (κ1) is 18.3. The normalized spacial score (nSPS) is 16.9. The lowest BCUT2D eigenvalue weighted by molar-refractivity contribution is -0.134. The molecule has 0 saturated carbocycles. The quantitative estimate of drug-likeness (QED) is 0.341. The molecule has 0 radical (unpaired) electrons. The molecular formula is C26H33NO9. The van der Waals surface area contributed by atoms with Gasteiger partial charge in [0.1, 0.15) is 6.61 Å². The van der Waals surface area contributed by atoms with Gasteiger partial charge in [-0.2, -0.15) is 0 Å². The molecule has 1 atom stereocenters. The molecule has 2 aromatic carbocycles. The molecule has 0 aliphatic rings. The number of likely N-dealkylation sites (N-methyl/N-ethyl adjacent to an activating group) is 1. The number of carbonyl (C=O) groups excluding carboxylic acids is 1. The number of aliphatic carboxylic acids is 2. The number of nitrogens with zero attached hydrogens (tertiary/aromatic N) is 1. The molecule has 36 heavy (non-hydrogen) atoms. The molecule has 10 nitrogen and oxygen atoms in total. The molecule has 0 aliphatic carbocycles. The van der Waals surface area contributed by atoms with Gasteiger partial charge in [-0.05, 0) is 38.2 Å². The van der Waals surface area contributed by atoms with Gasteiger partial charge in [-0.25, -0.2) is 14.4 Å². The monoisotopic (exact) mass is 512 g/mol. The highest BCUT2D eigenvalue weighted by Crippen LogP contribution is 2.38. The molecule has 10 heteroatoms. The summed E-state index contributed by atoms with van der Waals surface area (Å²) < 4.78 is 86.5. The van der Waals surface area contributed by atoms with Gasteiger partial charge in [-0.1, -0.05) is 37.3 Å². The third-order valence-electron chi connectivity index (χ3n) is 5.14. The molecular weight excluding hydrogens is 470 g/mol. The smallest absolute Gasteiger partial charge is 0.338 e. The van der Waals surface area contributed by atoms with Gasteiger partial charge < -0.3 is 29.2 Å². The highest BCUT2D eigenvalue weighted by molar-refractivity contribution is 5.91. The van der Waals surface area contributed by atoms with Crippen molar-refractivity contribution in [1.82, 2.24) is 4.90 Å². The Hall–Kier alpha value is -4.05. The molecule has 0 heterocycles. The van der Waals surface area contributed by atoms with Gasteiger partial charge >= 0.3 is 17.9 Å². The topological polar surface area (TPSA) is 132 Å². The fourth-order valence-corrected chi connectivity index (χ4v) is 3.20. The van der Waals surface area contributed by atoms with Crippen LogP contribution in [0.4, 0.5) is 0 Å². The van der Waals surface area contributed by atoms with Gasteiger partial charge in [0.15, 0.2) is 11.5 Å². The second-order valence-electron chi connectivity index (χ2n) is 7.34. The zero-order valence-electron chi connectivity index (χ0n) is 28.8. The number of ether oxygens (including phenoxy) is 4.